The van der Waals surface area contributed by atoms with Crippen molar-refractivity contribution in [3.63, 3.8) is 0 Å². The number of hydrogen-bond acceptors (Lipinski definition) is 6. The maximum Gasteiger partial charge on any atom is 0.433 e. The van der Waals surface area contributed by atoms with Gasteiger partial charge in [-0.3, -0.25) is 0 Å². The molecule has 1 aromatic carbocycles. The Labute approximate surface area is 149 Å². The molecule has 0 radical (unpaired) electrons. The third kappa shape index (κ3) is 4.27. The lowest BCUT2D eigenvalue weighted by Gasteiger charge is -2.16. The van der Waals surface area contributed by atoms with Gasteiger partial charge in [-0.05, 0) is 17.7 Å². The fraction of sp³-hybridized carbons (Fsp3) is 0.412. The van der Waals surface area contributed by atoms with E-state index < -0.39 is 11.9 Å². The maximum atomic E-state index is 13.0. The van der Waals surface area contributed by atoms with Gasteiger partial charge in [0.1, 0.15) is 5.82 Å². The zero-order chi connectivity index (χ0) is 18.7. The van der Waals surface area contributed by atoms with E-state index in [2.05, 4.69) is 15.3 Å². The molecule has 140 valence electrons. The predicted octanol–water partition coefficient (Wildman–Crippen LogP) is 3.33. The molecule has 2 aromatic rings. The summed E-state index contributed by atoms with van der Waals surface area (Å²) in [7, 11) is 3.24. The highest BCUT2D eigenvalue weighted by atomic mass is 19.4. The molecule has 0 saturated carbocycles. The minimum Gasteiger partial charge on any atom is -0.490 e. The van der Waals surface area contributed by atoms with E-state index in [1.807, 2.05) is 6.07 Å². The average molecular weight is 368 g/mol. The van der Waals surface area contributed by atoms with Crippen molar-refractivity contribution in [2.24, 2.45) is 0 Å². The molecule has 1 N–H and O–H groups in total. The minimum atomic E-state index is -4.54. The van der Waals surface area contributed by atoms with E-state index in [0.29, 0.717) is 24.7 Å². The second kappa shape index (κ2) is 7.27. The van der Waals surface area contributed by atoms with Gasteiger partial charge in [-0.1, -0.05) is 6.07 Å². The Morgan fingerprint density at radius 2 is 1.81 bits per heavy atom. The molecule has 0 amide bonds. The quantitative estimate of drug-likeness (QED) is 0.893. The summed E-state index contributed by atoms with van der Waals surface area (Å²) in [6.45, 7) is 1.41. The first-order valence-corrected chi connectivity index (χ1v) is 8.09. The van der Waals surface area contributed by atoms with Gasteiger partial charge in [-0.25, -0.2) is 4.98 Å². The van der Waals surface area contributed by atoms with Gasteiger partial charge in [0.2, 0.25) is 5.95 Å². The summed E-state index contributed by atoms with van der Waals surface area (Å²) >= 11 is 0. The van der Waals surface area contributed by atoms with Gasteiger partial charge in [0.15, 0.2) is 17.2 Å². The molecule has 0 atom stereocenters. The van der Waals surface area contributed by atoms with Crippen LogP contribution in [0.4, 0.5) is 24.9 Å². The maximum absolute atomic E-state index is 13.0. The van der Waals surface area contributed by atoms with Crippen LogP contribution in [-0.2, 0) is 12.7 Å². The van der Waals surface area contributed by atoms with Crippen molar-refractivity contribution in [2.45, 2.75) is 19.1 Å². The smallest absolute Gasteiger partial charge is 0.433 e. The van der Waals surface area contributed by atoms with Gasteiger partial charge in [-0.15, -0.1) is 0 Å². The third-order valence-corrected chi connectivity index (χ3v) is 3.72. The largest absolute Gasteiger partial charge is 0.490 e. The molecular weight excluding hydrogens is 349 g/mol. The Morgan fingerprint density at radius 3 is 2.50 bits per heavy atom. The SMILES string of the molecule is CN(C)c1cc(C(F)(F)F)nc(NCc2ccc3c(c2)OCCCO3)n1. The normalized spacial score (nSPS) is 13.9. The molecule has 1 aliphatic heterocycles. The molecule has 6 nitrogen and oxygen atoms in total. The molecule has 0 bridgehead atoms. The number of hydrogen-bond donors (Lipinski definition) is 1. The number of alkyl halides is 3. The topological polar surface area (TPSA) is 59.5 Å². The van der Waals surface area contributed by atoms with E-state index in [0.717, 1.165) is 18.1 Å². The Kier molecular flexibility index (Phi) is 5.06. The number of aromatic nitrogens is 2. The number of nitrogens with zero attached hydrogens (tertiary/aromatic N) is 3. The van der Waals surface area contributed by atoms with Gasteiger partial charge >= 0.3 is 6.18 Å². The summed E-state index contributed by atoms with van der Waals surface area (Å²) < 4.78 is 50.3. The van der Waals surface area contributed by atoms with Crippen molar-refractivity contribution in [3.8, 4) is 11.5 Å². The number of halogens is 3. The zero-order valence-electron chi connectivity index (χ0n) is 14.4. The standard InChI is InChI=1S/C17H19F3N4O2/c1-24(2)15-9-14(17(18,19)20)22-16(23-15)21-10-11-4-5-12-13(8-11)26-7-3-6-25-12/h4-5,8-9H,3,6-7,10H2,1-2H3,(H,21,22,23). The van der Waals surface area contributed by atoms with Crippen LogP contribution in [0.5, 0.6) is 11.5 Å². The number of fused-ring (bicyclic) bond motifs is 1. The van der Waals surface area contributed by atoms with Crippen molar-refractivity contribution in [2.75, 3.05) is 37.5 Å². The lowest BCUT2D eigenvalue weighted by molar-refractivity contribution is -0.141. The number of anilines is 2. The summed E-state index contributed by atoms with van der Waals surface area (Å²) in [4.78, 5) is 9.18. The van der Waals surface area contributed by atoms with Gasteiger partial charge in [0.25, 0.3) is 0 Å². The van der Waals surface area contributed by atoms with Crippen molar-refractivity contribution in [1.29, 1.82) is 0 Å². The van der Waals surface area contributed by atoms with E-state index in [4.69, 9.17) is 9.47 Å². The first-order chi connectivity index (χ1) is 12.3. The molecular formula is C17H19F3N4O2. The van der Waals surface area contributed by atoms with Crippen LogP contribution in [0.2, 0.25) is 0 Å². The minimum absolute atomic E-state index is 0.0874. The van der Waals surface area contributed by atoms with Crippen molar-refractivity contribution < 1.29 is 22.6 Å². The summed E-state index contributed by atoms with van der Waals surface area (Å²) in [6, 6.07) is 6.32. The van der Waals surface area contributed by atoms with Gasteiger partial charge in [0.05, 0.1) is 13.2 Å². The predicted molar refractivity (Wildman–Crippen MR) is 90.7 cm³/mol. The third-order valence-electron chi connectivity index (χ3n) is 3.72. The first kappa shape index (κ1) is 18.1. The fourth-order valence-electron chi connectivity index (χ4n) is 2.39. The molecule has 9 heteroatoms. The van der Waals surface area contributed by atoms with E-state index in [1.54, 1.807) is 26.2 Å². The molecule has 2 heterocycles. The number of ether oxygens (including phenoxy) is 2. The van der Waals surface area contributed by atoms with Crippen LogP contribution in [0.1, 0.15) is 17.7 Å². The number of nitrogens with one attached hydrogen (secondary N) is 1. The average Bonchev–Trinajstić information content (AvgIpc) is 2.83. The first-order valence-electron chi connectivity index (χ1n) is 8.09. The van der Waals surface area contributed by atoms with Crippen molar-refractivity contribution in [1.82, 2.24) is 9.97 Å². The Hall–Kier alpha value is -2.71. The van der Waals surface area contributed by atoms with Crippen LogP contribution < -0.4 is 19.7 Å². The number of rotatable bonds is 4. The van der Waals surface area contributed by atoms with Gasteiger partial charge < -0.3 is 19.7 Å². The highest BCUT2D eigenvalue weighted by Crippen LogP contribution is 2.32. The lowest BCUT2D eigenvalue weighted by atomic mass is 10.2. The van der Waals surface area contributed by atoms with Crippen molar-refractivity contribution >= 4 is 11.8 Å². The summed E-state index contributed by atoms with van der Waals surface area (Å²) in [5.41, 5.74) is -0.168. The second-order valence-corrected chi connectivity index (χ2v) is 6.01. The Balaban J connectivity index is 1.79. The van der Waals surface area contributed by atoms with E-state index in [9.17, 15) is 13.2 Å². The fourth-order valence-corrected chi connectivity index (χ4v) is 2.39. The monoisotopic (exact) mass is 368 g/mol. The van der Waals surface area contributed by atoms with Crippen LogP contribution in [0.25, 0.3) is 0 Å². The summed E-state index contributed by atoms with van der Waals surface area (Å²) in [5.74, 6) is 1.38. The molecule has 0 saturated heterocycles. The molecule has 1 aliphatic rings. The molecule has 3 rings (SSSR count). The molecule has 0 spiro atoms. The van der Waals surface area contributed by atoms with Crippen LogP contribution in [0.15, 0.2) is 24.3 Å². The number of benzene rings is 1. The van der Waals surface area contributed by atoms with Gasteiger partial charge in [0, 0.05) is 33.1 Å². The van der Waals surface area contributed by atoms with E-state index in [-0.39, 0.29) is 18.3 Å². The van der Waals surface area contributed by atoms with E-state index in [1.165, 1.54) is 4.90 Å². The van der Waals surface area contributed by atoms with Crippen LogP contribution in [0.3, 0.4) is 0 Å². The second-order valence-electron chi connectivity index (χ2n) is 6.01. The molecule has 1 aromatic heterocycles. The van der Waals surface area contributed by atoms with Crippen LogP contribution in [-0.4, -0.2) is 37.3 Å². The highest BCUT2D eigenvalue weighted by Gasteiger charge is 2.34. The van der Waals surface area contributed by atoms with Gasteiger partial charge in [-0.2, -0.15) is 18.2 Å². The molecule has 0 fully saturated rings. The Morgan fingerprint density at radius 1 is 1.08 bits per heavy atom. The summed E-state index contributed by atoms with van der Waals surface area (Å²) in [5, 5.41) is 2.85. The molecule has 26 heavy (non-hydrogen) atoms. The summed E-state index contributed by atoms with van der Waals surface area (Å²) in [6.07, 6.45) is -3.74. The highest BCUT2D eigenvalue weighted by molar-refractivity contribution is 5.46. The van der Waals surface area contributed by atoms with Crippen molar-refractivity contribution in [3.05, 3.63) is 35.5 Å². The Bertz CT molecular complexity index is 781. The zero-order valence-corrected chi connectivity index (χ0v) is 14.4. The molecule has 0 unspecified atom stereocenters. The van der Waals surface area contributed by atoms with Crippen LogP contribution >= 0.6 is 0 Å². The van der Waals surface area contributed by atoms with Crippen LogP contribution in [0, 0.1) is 0 Å². The van der Waals surface area contributed by atoms with E-state index >= 15 is 0 Å². The lowest BCUT2D eigenvalue weighted by Crippen LogP contribution is -2.17. The molecule has 0 aliphatic carbocycles.